The molecule has 8 heteroatoms. The van der Waals surface area contributed by atoms with Crippen molar-refractivity contribution in [2.75, 3.05) is 6.54 Å². The number of hydrogen-bond donors (Lipinski definition) is 2. The fourth-order valence-corrected chi connectivity index (χ4v) is 1.13. The van der Waals surface area contributed by atoms with Crippen LogP contribution >= 0.6 is 12.4 Å². The van der Waals surface area contributed by atoms with Gasteiger partial charge in [-0.1, -0.05) is 0 Å². The Hall–Kier alpha value is -1.05. The van der Waals surface area contributed by atoms with Crippen molar-refractivity contribution in [3.63, 3.8) is 0 Å². The topological polar surface area (TPSA) is 61.3 Å². The molecule has 0 aliphatic rings. The molecular formula is C9H11ClF4N2O. The molecule has 0 fully saturated rings. The molecule has 3 nitrogen and oxygen atoms in total. The fraction of sp³-hybridized carbons (Fsp3) is 0.333. The lowest BCUT2D eigenvalue weighted by molar-refractivity contribution is -0.274. The van der Waals surface area contributed by atoms with Crippen LogP contribution in [0.5, 0.6) is 5.75 Å². The van der Waals surface area contributed by atoms with E-state index in [4.69, 9.17) is 11.5 Å². The lowest BCUT2D eigenvalue weighted by Crippen LogP contribution is -2.22. The summed E-state index contributed by atoms with van der Waals surface area (Å²) in [4.78, 5) is 0. The van der Waals surface area contributed by atoms with Gasteiger partial charge in [0.25, 0.3) is 0 Å². The molecule has 1 aromatic rings. The third kappa shape index (κ3) is 4.76. The van der Waals surface area contributed by atoms with Gasteiger partial charge in [0.05, 0.1) is 0 Å². The highest BCUT2D eigenvalue weighted by atomic mass is 35.5. The largest absolute Gasteiger partial charge is 0.573 e. The van der Waals surface area contributed by atoms with Crippen LogP contribution in [-0.2, 0) is 0 Å². The minimum atomic E-state index is -4.82. The van der Waals surface area contributed by atoms with Crippen LogP contribution < -0.4 is 16.2 Å². The lowest BCUT2D eigenvalue weighted by Gasteiger charge is -2.13. The molecule has 0 heterocycles. The molecule has 1 rings (SSSR count). The number of halogens is 5. The molecule has 0 unspecified atom stereocenters. The molecule has 0 bridgehead atoms. The summed E-state index contributed by atoms with van der Waals surface area (Å²) >= 11 is 0. The number of nitrogens with two attached hydrogens (primary N) is 2. The van der Waals surface area contributed by atoms with Gasteiger partial charge in [-0.3, -0.25) is 0 Å². The van der Waals surface area contributed by atoms with Crippen LogP contribution in [0.4, 0.5) is 17.6 Å². The number of hydrogen-bond acceptors (Lipinski definition) is 3. The minimum Gasteiger partial charge on any atom is -0.406 e. The van der Waals surface area contributed by atoms with Crippen molar-refractivity contribution in [3.05, 3.63) is 29.6 Å². The molecule has 0 saturated carbocycles. The van der Waals surface area contributed by atoms with Gasteiger partial charge in [0.15, 0.2) is 0 Å². The maximum Gasteiger partial charge on any atom is 0.573 e. The van der Waals surface area contributed by atoms with E-state index in [-0.39, 0.29) is 24.5 Å². The molecule has 0 aliphatic heterocycles. The number of rotatable bonds is 3. The third-order valence-electron chi connectivity index (χ3n) is 1.85. The van der Waals surface area contributed by atoms with Crippen molar-refractivity contribution < 1.29 is 22.3 Å². The van der Waals surface area contributed by atoms with Crippen molar-refractivity contribution in [1.82, 2.24) is 0 Å². The van der Waals surface area contributed by atoms with E-state index in [0.717, 1.165) is 18.2 Å². The second-order valence-electron chi connectivity index (χ2n) is 3.07. The van der Waals surface area contributed by atoms with E-state index >= 15 is 0 Å². The highest BCUT2D eigenvalue weighted by molar-refractivity contribution is 5.85. The van der Waals surface area contributed by atoms with E-state index < -0.39 is 24.0 Å². The lowest BCUT2D eigenvalue weighted by atomic mass is 10.1. The molecule has 0 aromatic heterocycles. The van der Waals surface area contributed by atoms with Crippen molar-refractivity contribution >= 4 is 12.4 Å². The Kier molecular flexibility index (Phi) is 5.67. The molecule has 98 valence electrons. The monoisotopic (exact) mass is 274 g/mol. The summed E-state index contributed by atoms with van der Waals surface area (Å²) in [5.74, 6) is -1.24. The average Bonchev–Trinajstić information content (AvgIpc) is 2.18. The maximum atomic E-state index is 13.2. The quantitative estimate of drug-likeness (QED) is 0.830. The smallest absolute Gasteiger partial charge is 0.406 e. The van der Waals surface area contributed by atoms with Gasteiger partial charge in [0, 0.05) is 18.2 Å². The van der Waals surface area contributed by atoms with E-state index in [1.807, 2.05) is 0 Å². The van der Waals surface area contributed by atoms with Gasteiger partial charge in [-0.25, -0.2) is 4.39 Å². The minimum absolute atomic E-state index is 0. The Labute approximate surface area is 101 Å². The number of alkyl halides is 3. The van der Waals surface area contributed by atoms with Crippen LogP contribution in [0.3, 0.4) is 0 Å². The molecule has 4 N–H and O–H groups in total. The number of benzene rings is 1. The standard InChI is InChI=1S/C9H10F4N2O.ClH/c10-7-2-1-5(16-9(11,12)13)3-6(7)8(15)4-14;/h1-3,8H,4,14-15H2;1H/t8-;/m1./s1. The Morgan fingerprint density at radius 1 is 1.29 bits per heavy atom. The highest BCUT2D eigenvalue weighted by Gasteiger charge is 2.31. The van der Waals surface area contributed by atoms with Crippen molar-refractivity contribution in [3.8, 4) is 5.75 Å². The van der Waals surface area contributed by atoms with E-state index in [9.17, 15) is 17.6 Å². The molecule has 17 heavy (non-hydrogen) atoms. The molecule has 0 aliphatic carbocycles. The summed E-state index contributed by atoms with van der Waals surface area (Å²) in [7, 11) is 0. The van der Waals surface area contributed by atoms with E-state index in [1.165, 1.54) is 0 Å². The first-order valence-electron chi connectivity index (χ1n) is 4.34. The Bertz CT molecular complexity index is 373. The van der Waals surface area contributed by atoms with E-state index in [1.54, 1.807) is 0 Å². The van der Waals surface area contributed by atoms with Crippen molar-refractivity contribution in [2.45, 2.75) is 12.4 Å². The van der Waals surface area contributed by atoms with Gasteiger partial charge in [-0.2, -0.15) is 0 Å². The SMILES string of the molecule is Cl.NC[C@@H](N)c1cc(OC(F)(F)F)ccc1F. The first-order chi connectivity index (χ1) is 7.33. The van der Waals surface area contributed by atoms with Crippen LogP contribution in [0.1, 0.15) is 11.6 Å². The zero-order valence-corrected chi connectivity index (χ0v) is 9.32. The highest BCUT2D eigenvalue weighted by Crippen LogP contribution is 2.26. The molecule has 0 spiro atoms. The summed E-state index contributed by atoms with van der Waals surface area (Å²) in [6.45, 7) is -0.0770. The molecule has 0 amide bonds. The summed E-state index contributed by atoms with van der Waals surface area (Å²) < 4.78 is 52.5. The predicted molar refractivity (Wildman–Crippen MR) is 56.3 cm³/mol. The Morgan fingerprint density at radius 2 is 1.88 bits per heavy atom. The van der Waals surface area contributed by atoms with Gasteiger partial charge in [-0.05, 0) is 18.2 Å². The molecule has 1 atom stereocenters. The zero-order chi connectivity index (χ0) is 12.3. The van der Waals surface area contributed by atoms with Gasteiger partial charge < -0.3 is 16.2 Å². The van der Waals surface area contributed by atoms with Crippen LogP contribution in [0.2, 0.25) is 0 Å². The van der Waals surface area contributed by atoms with Crippen LogP contribution in [0, 0.1) is 5.82 Å². The predicted octanol–water partition coefficient (Wildman–Crippen LogP) is 2.10. The summed E-state index contributed by atoms with van der Waals surface area (Å²) in [6.07, 6.45) is -4.82. The van der Waals surface area contributed by atoms with Crippen LogP contribution in [0.25, 0.3) is 0 Å². The first kappa shape index (κ1) is 16.0. The summed E-state index contributed by atoms with van der Waals surface area (Å²) in [5.41, 5.74) is 10.5. The molecule has 1 aromatic carbocycles. The Balaban J connectivity index is 0.00000256. The van der Waals surface area contributed by atoms with Gasteiger partial charge >= 0.3 is 6.36 Å². The second-order valence-corrected chi connectivity index (χ2v) is 3.07. The fourth-order valence-electron chi connectivity index (χ4n) is 1.13. The van der Waals surface area contributed by atoms with Crippen molar-refractivity contribution in [2.24, 2.45) is 11.5 Å². The van der Waals surface area contributed by atoms with Gasteiger partial charge in [-0.15, -0.1) is 25.6 Å². The molecular weight excluding hydrogens is 264 g/mol. The van der Waals surface area contributed by atoms with E-state index in [0.29, 0.717) is 0 Å². The van der Waals surface area contributed by atoms with Crippen molar-refractivity contribution in [1.29, 1.82) is 0 Å². The van der Waals surface area contributed by atoms with Crippen LogP contribution in [-0.4, -0.2) is 12.9 Å². The molecule has 0 radical (unpaired) electrons. The van der Waals surface area contributed by atoms with Gasteiger partial charge in [0.1, 0.15) is 11.6 Å². The number of ether oxygens (including phenoxy) is 1. The van der Waals surface area contributed by atoms with Crippen LogP contribution in [0.15, 0.2) is 18.2 Å². The van der Waals surface area contributed by atoms with Gasteiger partial charge in [0.2, 0.25) is 0 Å². The maximum absolute atomic E-state index is 13.2. The third-order valence-corrected chi connectivity index (χ3v) is 1.85. The summed E-state index contributed by atoms with van der Waals surface area (Å²) in [6, 6.07) is 1.75. The molecule has 0 saturated heterocycles. The normalized spacial score (nSPS) is 12.8. The first-order valence-corrected chi connectivity index (χ1v) is 4.34. The summed E-state index contributed by atoms with van der Waals surface area (Å²) in [5, 5.41) is 0. The average molecular weight is 275 g/mol. The second kappa shape index (κ2) is 6.04. The Morgan fingerprint density at radius 3 is 2.35 bits per heavy atom. The zero-order valence-electron chi connectivity index (χ0n) is 8.50. The van der Waals surface area contributed by atoms with E-state index in [2.05, 4.69) is 4.74 Å².